The fourth-order valence-corrected chi connectivity index (χ4v) is 2.51. The lowest BCUT2D eigenvalue weighted by Gasteiger charge is -2.31. The lowest BCUT2D eigenvalue weighted by Crippen LogP contribution is -2.39. The van der Waals surface area contributed by atoms with E-state index >= 15 is 0 Å². The van der Waals surface area contributed by atoms with E-state index in [0.29, 0.717) is 5.78 Å². The lowest BCUT2D eigenvalue weighted by molar-refractivity contribution is -0.122. The van der Waals surface area contributed by atoms with Gasteiger partial charge in [0.05, 0.1) is 0 Å². The molecule has 2 rings (SSSR count). The van der Waals surface area contributed by atoms with Gasteiger partial charge in [-0.05, 0) is 32.4 Å². The molecule has 0 aromatic carbocycles. The first kappa shape index (κ1) is 12.3. The monoisotopic (exact) mass is 235 g/mol. The number of aromatic nitrogens is 2. The Morgan fingerprint density at radius 3 is 3.06 bits per heavy atom. The average molecular weight is 235 g/mol. The van der Waals surface area contributed by atoms with Crippen molar-refractivity contribution in [3.8, 4) is 0 Å². The normalized spacial score (nSPS) is 21.6. The Hall–Kier alpha value is -1.16. The minimum Gasteiger partial charge on any atom is -0.302 e. The summed E-state index contributed by atoms with van der Waals surface area (Å²) < 4.78 is 1.92. The Balaban J connectivity index is 1.83. The van der Waals surface area contributed by atoms with Crippen LogP contribution in [0.1, 0.15) is 25.5 Å². The van der Waals surface area contributed by atoms with E-state index in [0.717, 1.165) is 38.9 Å². The summed E-state index contributed by atoms with van der Waals surface area (Å²) in [6, 6.07) is 2.06. The van der Waals surface area contributed by atoms with Gasteiger partial charge in [-0.2, -0.15) is 5.10 Å². The van der Waals surface area contributed by atoms with Gasteiger partial charge in [0.25, 0.3) is 0 Å². The maximum Gasteiger partial charge on any atom is 0.134 e. The highest BCUT2D eigenvalue weighted by molar-refractivity contribution is 5.78. The predicted molar refractivity (Wildman–Crippen MR) is 66.8 cm³/mol. The van der Waals surface area contributed by atoms with E-state index in [1.807, 2.05) is 17.9 Å². The topological polar surface area (TPSA) is 38.1 Å². The van der Waals surface area contributed by atoms with Crippen LogP contribution in [0.3, 0.4) is 0 Å². The van der Waals surface area contributed by atoms with Gasteiger partial charge in [-0.1, -0.05) is 0 Å². The number of nitrogens with zero attached hydrogens (tertiary/aromatic N) is 3. The molecule has 0 amide bonds. The Bertz CT molecular complexity index is 386. The zero-order chi connectivity index (χ0) is 12.3. The van der Waals surface area contributed by atoms with Crippen molar-refractivity contribution in [1.82, 2.24) is 14.7 Å². The van der Waals surface area contributed by atoms with Crippen molar-refractivity contribution < 1.29 is 4.79 Å². The van der Waals surface area contributed by atoms with Crippen LogP contribution < -0.4 is 0 Å². The van der Waals surface area contributed by atoms with E-state index in [2.05, 4.69) is 16.1 Å². The quantitative estimate of drug-likeness (QED) is 0.788. The number of carbonyl (C=O) groups is 1. The molecular formula is C13H21N3O. The molecule has 0 saturated carbocycles. The summed E-state index contributed by atoms with van der Waals surface area (Å²) in [6.07, 6.45) is 5.07. The van der Waals surface area contributed by atoms with E-state index in [1.54, 1.807) is 6.92 Å². The second kappa shape index (κ2) is 5.45. The van der Waals surface area contributed by atoms with Crippen molar-refractivity contribution in [1.29, 1.82) is 0 Å². The molecule has 1 atom stereocenters. The Morgan fingerprint density at radius 2 is 2.41 bits per heavy atom. The summed E-state index contributed by atoms with van der Waals surface area (Å²) >= 11 is 0. The molecule has 94 valence electrons. The largest absolute Gasteiger partial charge is 0.302 e. The Labute approximate surface area is 103 Å². The number of piperidine rings is 1. The highest BCUT2D eigenvalue weighted by Crippen LogP contribution is 2.17. The average Bonchev–Trinajstić information content (AvgIpc) is 2.72. The molecule has 1 aliphatic heterocycles. The van der Waals surface area contributed by atoms with Crippen molar-refractivity contribution in [2.24, 2.45) is 13.0 Å². The lowest BCUT2D eigenvalue weighted by atomic mass is 9.94. The van der Waals surface area contributed by atoms with Gasteiger partial charge >= 0.3 is 0 Å². The molecule has 1 aromatic rings. The van der Waals surface area contributed by atoms with Gasteiger partial charge in [0, 0.05) is 44.4 Å². The summed E-state index contributed by atoms with van der Waals surface area (Å²) in [4.78, 5) is 13.8. The molecule has 1 aliphatic rings. The highest BCUT2D eigenvalue weighted by atomic mass is 16.1. The maximum absolute atomic E-state index is 11.4. The third-order valence-electron chi connectivity index (χ3n) is 3.69. The number of aryl methyl sites for hydroxylation is 1. The molecule has 0 spiro atoms. The van der Waals surface area contributed by atoms with Crippen LogP contribution in [0.2, 0.25) is 0 Å². The SMILES string of the molecule is CC(=O)C1CCCN(CCc2ccnn2C)C1. The van der Waals surface area contributed by atoms with E-state index in [-0.39, 0.29) is 5.92 Å². The van der Waals surface area contributed by atoms with Crippen molar-refractivity contribution in [2.45, 2.75) is 26.2 Å². The van der Waals surface area contributed by atoms with Crippen LogP contribution in [0.15, 0.2) is 12.3 Å². The van der Waals surface area contributed by atoms with E-state index in [4.69, 9.17) is 0 Å². The van der Waals surface area contributed by atoms with Crippen molar-refractivity contribution in [3.05, 3.63) is 18.0 Å². The summed E-state index contributed by atoms with van der Waals surface area (Å²) in [7, 11) is 1.98. The first-order chi connectivity index (χ1) is 8.16. The van der Waals surface area contributed by atoms with Gasteiger partial charge in [-0.3, -0.25) is 9.48 Å². The van der Waals surface area contributed by atoms with Crippen LogP contribution >= 0.6 is 0 Å². The van der Waals surface area contributed by atoms with E-state index in [1.165, 1.54) is 5.69 Å². The molecule has 4 heteroatoms. The van der Waals surface area contributed by atoms with Crippen molar-refractivity contribution >= 4 is 5.78 Å². The smallest absolute Gasteiger partial charge is 0.134 e. The highest BCUT2D eigenvalue weighted by Gasteiger charge is 2.22. The molecule has 1 aromatic heterocycles. The van der Waals surface area contributed by atoms with Gasteiger partial charge in [-0.15, -0.1) is 0 Å². The molecule has 1 fully saturated rings. The van der Waals surface area contributed by atoms with Gasteiger partial charge in [0.1, 0.15) is 5.78 Å². The van der Waals surface area contributed by atoms with Gasteiger partial charge in [0.2, 0.25) is 0 Å². The molecular weight excluding hydrogens is 214 g/mol. The minimum atomic E-state index is 0.260. The summed E-state index contributed by atoms with van der Waals surface area (Å²) in [5.41, 5.74) is 1.26. The number of hydrogen-bond donors (Lipinski definition) is 0. The van der Waals surface area contributed by atoms with Crippen LogP contribution in [0, 0.1) is 5.92 Å². The molecule has 0 N–H and O–H groups in total. The summed E-state index contributed by atoms with van der Waals surface area (Å²) in [5, 5.41) is 4.17. The van der Waals surface area contributed by atoms with Gasteiger partial charge < -0.3 is 4.90 Å². The van der Waals surface area contributed by atoms with E-state index in [9.17, 15) is 4.79 Å². The van der Waals surface area contributed by atoms with Crippen molar-refractivity contribution in [2.75, 3.05) is 19.6 Å². The maximum atomic E-state index is 11.4. The molecule has 1 saturated heterocycles. The van der Waals surface area contributed by atoms with Gasteiger partial charge in [0.15, 0.2) is 0 Å². The third kappa shape index (κ3) is 3.16. The Kier molecular flexibility index (Phi) is 3.94. The number of ketones is 1. The Morgan fingerprint density at radius 1 is 1.59 bits per heavy atom. The summed E-state index contributed by atoms with van der Waals surface area (Å²) in [5.74, 6) is 0.602. The molecule has 1 unspecified atom stereocenters. The minimum absolute atomic E-state index is 0.260. The fourth-order valence-electron chi connectivity index (χ4n) is 2.51. The molecule has 2 heterocycles. The number of likely N-dealkylation sites (tertiary alicyclic amines) is 1. The van der Waals surface area contributed by atoms with E-state index < -0.39 is 0 Å². The zero-order valence-corrected chi connectivity index (χ0v) is 10.7. The first-order valence-corrected chi connectivity index (χ1v) is 6.36. The molecule has 4 nitrogen and oxygen atoms in total. The summed E-state index contributed by atoms with van der Waals surface area (Å²) in [6.45, 7) is 4.81. The number of Topliss-reactive ketones (excluding diaryl/α,β-unsaturated/α-hetero) is 1. The van der Waals surface area contributed by atoms with Crippen LogP contribution in [0.4, 0.5) is 0 Å². The van der Waals surface area contributed by atoms with Crippen LogP contribution in [-0.2, 0) is 18.3 Å². The first-order valence-electron chi connectivity index (χ1n) is 6.36. The number of rotatable bonds is 4. The predicted octanol–water partition coefficient (Wildman–Crippen LogP) is 1.26. The van der Waals surface area contributed by atoms with Crippen LogP contribution in [0.25, 0.3) is 0 Å². The fraction of sp³-hybridized carbons (Fsp3) is 0.692. The molecule has 0 aliphatic carbocycles. The van der Waals surface area contributed by atoms with Crippen molar-refractivity contribution in [3.63, 3.8) is 0 Å². The molecule has 0 radical (unpaired) electrons. The molecule has 0 bridgehead atoms. The van der Waals surface area contributed by atoms with Crippen LogP contribution in [-0.4, -0.2) is 40.1 Å². The number of hydrogen-bond acceptors (Lipinski definition) is 3. The second-order valence-corrected chi connectivity index (χ2v) is 4.95. The third-order valence-corrected chi connectivity index (χ3v) is 3.69. The second-order valence-electron chi connectivity index (χ2n) is 4.95. The van der Waals surface area contributed by atoms with Gasteiger partial charge in [-0.25, -0.2) is 0 Å². The number of carbonyl (C=O) groups excluding carboxylic acids is 1. The van der Waals surface area contributed by atoms with Crippen LogP contribution in [0.5, 0.6) is 0 Å². The zero-order valence-electron chi connectivity index (χ0n) is 10.7. The molecule has 17 heavy (non-hydrogen) atoms. The standard InChI is InChI=1S/C13H21N3O/c1-11(17)12-4-3-8-16(10-12)9-6-13-5-7-14-15(13)2/h5,7,12H,3-4,6,8-10H2,1-2H3.